The van der Waals surface area contributed by atoms with E-state index in [-0.39, 0.29) is 18.0 Å². The zero-order chi connectivity index (χ0) is 18.4. The number of hydrogen-bond donors (Lipinski definition) is 2. The summed E-state index contributed by atoms with van der Waals surface area (Å²) in [5.74, 6) is -0.00214. The molecule has 6 nitrogen and oxygen atoms in total. The van der Waals surface area contributed by atoms with Crippen LogP contribution in [0.1, 0.15) is 38.7 Å². The van der Waals surface area contributed by atoms with Crippen molar-refractivity contribution in [2.24, 2.45) is 0 Å². The first-order chi connectivity index (χ1) is 11.9. The maximum absolute atomic E-state index is 12.5. The van der Waals surface area contributed by atoms with Gasteiger partial charge < -0.3 is 20.4 Å². The van der Waals surface area contributed by atoms with E-state index in [0.717, 1.165) is 30.6 Å². The number of likely N-dealkylation sites (tertiary alicyclic amines) is 1. The molecule has 138 valence electrons. The Balaban J connectivity index is 1.79. The van der Waals surface area contributed by atoms with Crippen LogP contribution in [-0.2, 0) is 11.3 Å². The monoisotopic (exact) mass is 346 g/mol. The van der Waals surface area contributed by atoms with Gasteiger partial charge in [-0.05, 0) is 50.8 Å². The summed E-state index contributed by atoms with van der Waals surface area (Å²) < 4.78 is 0. The molecule has 1 aromatic carbocycles. The Bertz CT molecular complexity index is 586. The largest absolute Gasteiger partial charge is 0.378 e. The Kier molecular flexibility index (Phi) is 6.67. The van der Waals surface area contributed by atoms with Gasteiger partial charge in [-0.25, -0.2) is 4.79 Å². The molecule has 3 amide bonds. The van der Waals surface area contributed by atoms with Crippen molar-refractivity contribution in [2.45, 2.75) is 51.7 Å². The van der Waals surface area contributed by atoms with Gasteiger partial charge in [-0.15, -0.1) is 0 Å². The summed E-state index contributed by atoms with van der Waals surface area (Å²) in [5.41, 5.74) is 2.13. The maximum atomic E-state index is 12.5. The van der Waals surface area contributed by atoms with Gasteiger partial charge in [0.15, 0.2) is 0 Å². The highest BCUT2D eigenvalue weighted by Crippen LogP contribution is 2.17. The summed E-state index contributed by atoms with van der Waals surface area (Å²) in [6.45, 7) is 5.03. The lowest BCUT2D eigenvalue weighted by Crippen LogP contribution is -2.53. The van der Waals surface area contributed by atoms with Crippen LogP contribution >= 0.6 is 0 Å². The van der Waals surface area contributed by atoms with Crippen molar-refractivity contribution in [3.63, 3.8) is 0 Å². The predicted octanol–water partition coefficient (Wildman–Crippen LogP) is 2.34. The second-order valence-electron chi connectivity index (χ2n) is 6.99. The third kappa shape index (κ3) is 5.37. The van der Waals surface area contributed by atoms with E-state index in [9.17, 15) is 9.59 Å². The van der Waals surface area contributed by atoms with Crippen LogP contribution < -0.4 is 15.5 Å². The minimum atomic E-state index is -0.517. The van der Waals surface area contributed by atoms with Gasteiger partial charge in [-0.3, -0.25) is 4.79 Å². The Morgan fingerprint density at radius 1 is 1.24 bits per heavy atom. The Morgan fingerprint density at radius 2 is 1.92 bits per heavy atom. The van der Waals surface area contributed by atoms with Gasteiger partial charge in [-0.1, -0.05) is 12.1 Å². The highest BCUT2D eigenvalue weighted by Gasteiger charge is 2.27. The molecule has 2 N–H and O–H groups in total. The average Bonchev–Trinajstić information content (AvgIpc) is 2.60. The number of nitrogens with one attached hydrogen (secondary N) is 2. The molecule has 0 spiro atoms. The third-order valence-corrected chi connectivity index (χ3v) is 4.71. The summed E-state index contributed by atoms with van der Waals surface area (Å²) in [6, 6.07) is 7.42. The molecule has 2 rings (SSSR count). The number of nitrogens with zero attached hydrogens (tertiary/aromatic N) is 2. The van der Waals surface area contributed by atoms with Gasteiger partial charge in [0.1, 0.15) is 6.04 Å². The average molecular weight is 346 g/mol. The van der Waals surface area contributed by atoms with E-state index < -0.39 is 6.04 Å². The molecule has 1 aliphatic rings. The van der Waals surface area contributed by atoms with E-state index in [1.165, 1.54) is 6.42 Å². The number of amides is 3. The Labute approximate surface area is 150 Å². The van der Waals surface area contributed by atoms with E-state index in [1.54, 1.807) is 6.92 Å². The number of hydrogen-bond acceptors (Lipinski definition) is 3. The van der Waals surface area contributed by atoms with E-state index >= 15 is 0 Å². The van der Waals surface area contributed by atoms with Crippen molar-refractivity contribution < 1.29 is 9.59 Å². The first kappa shape index (κ1) is 19.1. The summed E-state index contributed by atoms with van der Waals surface area (Å²) in [7, 11) is 3.98. The highest BCUT2D eigenvalue weighted by molar-refractivity contribution is 5.87. The summed E-state index contributed by atoms with van der Waals surface area (Å²) >= 11 is 0. The Morgan fingerprint density at radius 3 is 2.52 bits per heavy atom. The topological polar surface area (TPSA) is 64.7 Å². The van der Waals surface area contributed by atoms with Gasteiger partial charge in [0, 0.05) is 38.9 Å². The van der Waals surface area contributed by atoms with E-state index in [0.29, 0.717) is 6.54 Å². The lowest BCUT2D eigenvalue weighted by Gasteiger charge is -2.35. The van der Waals surface area contributed by atoms with Crippen LogP contribution in [0.2, 0.25) is 0 Å². The second kappa shape index (κ2) is 8.74. The summed E-state index contributed by atoms with van der Waals surface area (Å²) in [5, 5.41) is 5.56. The summed E-state index contributed by atoms with van der Waals surface area (Å²) in [4.78, 5) is 28.5. The van der Waals surface area contributed by atoms with Crippen LogP contribution in [0, 0.1) is 0 Å². The number of urea groups is 1. The number of piperidine rings is 1. The van der Waals surface area contributed by atoms with Crippen LogP contribution in [0.5, 0.6) is 0 Å². The number of anilines is 1. The lowest BCUT2D eigenvalue weighted by molar-refractivity contribution is -0.136. The smallest absolute Gasteiger partial charge is 0.315 e. The van der Waals surface area contributed by atoms with E-state index in [1.807, 2.05) is 48.2 Å². The molecule has 0 saturated carbocycles. The maximum Gasteiger partial charge on any atom is 0.315 e. The molecular formula is C19H30N4O2. The molecule has 1 aliphatic heterocycles. The molecule has 1 fully saturated rings. The van der Waals surface area contributed by atoms with Crippen LogP contribution in [-0.4, -0.2) is 49.6 Å². The first-order valence-corrected chi connectivity index (χ1v) is 8.99. The quantitative estimate of drug-likeness (QED) is 0.860. The molecule has 0 radical (unpaired) electrons. The van der Waals surface area contributed by atoms with Crippen LogP contribution in [0.3, 0.4) is 0 Å². The highest BCUT2D eigenvalue weighted by atomic mass is 16.2. The van der Waals surface area contributed by atoms with Gasteiger partial charge >= 0.3 is 6.03 Å². The molecule has 1 aromatic rings. The van der Waals surface area contributed by atoms with Crippen molar-refractivity contribution in [3.05, 3.63) is 29.8 Å². The second-order valence-corrected chi connectivity index (χ2v) is 6.99. The van der Waals surface area contributed by atoms with Gasteiger partial charge in [-0.2, -0.15) is 0 Å². The molecule has 1 heterocycles. The van der Waals surface area contributed by atoms with Crippen LogP contribution in [0.4, 0.5) is 10.5 Å². The standard InChI is InChI=1S/C19H30N4O2/c1-14-7-5-6-12-23(14)18(24)15(2)21-19(25)20-13-16-8-10-17(11-9-16)22(3)4/h8-11,14-15H,5-7,12-13H2,1-4H3,(H2,20,21,25)/t14-,15-/m0/s1. The molecule has 1 saturated heterocycles. The van der Waals surface area contributed by atoms with Crippen molar-refractivity contribution in [1.82, 2.24) is 15.5 Å². The normalized spacial score (nSPS) is 18.4. The fraction of sp³-hybridized carbons (Fsp3) is 0.579. The molecule has 6 heteroatoms. The van der Waals surface area contributed by atoms with Crippen LogP contribution in [0.15, 0.2) is 24.3 Å². The fourth-order valence-corrected chi connectivity index (χ4v) is 3.08. The van der Waals surface area contributed by atoms with Crippen molar-refractivity contribution >= 4 is 17.6 Å². The molecular weight excluding hydrogens is 316 g/mol. The zero-order valence-electron chi connectivity index (χ0n) is 15.7. The minimum Gasteiger partial charge on any atom is -0.378 e. The number of benzene rings is 1. The molecule has 2 atom stereocenters. The van der Waals surface area contributed by atoms with E-state index in [4.69, 9.17) is 0 Å². The number of rotatable bonds is 5. The molecule has 0 aliphatic carbocycles. The molecule has 0 unspecified atom stereocenters. The van der Waals surface area contributed by atoms with Crippen molar-refractivity contribution in [1.29, 1.82) is 0 Å². The fourth-order valence-electron chi connectivity index (χ4n) is 3.08. The number of carbonyl (C=O) groups excluding carboxylic acids is 2. The van der Waals surface area contributed by atoms with Crippen molar-refractivity contribution in [3.8, 4) is 0 Å². The minimum absolute atomic E-state index is 0.00214. The zero-order valence-corrected chi connectivity index (χ0v) is 15.7. The third-order valence-electron chi connectivity index (χ3n) is 4.71. The SMILES string of the molecule is C[C@H](NC(=O)NCc1ccc(N(C)C)cc1)C(=O)N1CCCC[C@@H]1C. The molecule has 25 heavy (non-hydrogen) atoms. The molecule has 0 aromatic heterocycles. The van der Waals surface area contributed by atoms with Gasteiger partial charge in [0.2, 0.25) is 5.91 Å². The van der Waals surface area contributed by atoms with Crippen molar-refractivity contribution in [2.75, 3.05) is 25.5 Å². The first-order valence-electron chi connectivity index (χ1n) is 8.99. The Hall–Kier alpha value is -2.24. The summed E-state index contributed by atoms with van der Waals surface area (Å²) in [6.07, 6.45) is 3.24. The van der Waals surface area contributed by atoms with Crippen LogP contribution in [0.25, 0.3) is 0 Å². The van der Waals surface area contributed by atoms with Gasteiger partial charge in [0.05, 0.1) is 0 Å². The predicted molar refractivity (Wildman–Crippen MR) is 101 cm³/mol. The molecule has 0 bridgehead atoms. The number of carbonyl (C=O) groups is 2. The van der Waals surface area contributed by atoms with Gasteiger partial charge in [0.25, 0.3) is 0 Å². The lowest BCUT2D eigenvalue weighted by atomic mass is 10.0. The van der Waals surface area contributed by atoms with E-state index in [2.05, 4.69) is 17.6 Å².